The lowest BCUT2D eigenvalue weighted by molar-refractivity contribution is 0.101. The molecule has 0 aliphatic carbocycles. The van der Waals surface area contributed by atoms with Gasteiger partial charge in [-0.3, -0.25) is 4.79 Å². The van der Waals surface area contributed by atoms with E-state index in [-0.39, 0.29) is 11.7 Å². The van der Waals surface area contributed by atoms with Crippen molar-refractivity contribution in [1.82, 2.24) is 4.98 Å². The standard InChI is InChI=1S/C13H12ClNO3S/c1-17-11-5-3-4-8(12(11)18-2)13-15-9(7-19-13)10(16)6-14/h3-5,7H,6H2,1-2H3. The van der Waals surface area contributed by atoms with Gasteiger partial charge in [0.2, 0.25) is 0 Å². The number of hydrogen-bond acceptors (Lipinski definition) is 5. The first-order valence-electron chi connectivity index (χ1n) is 5.47. The molecule has 4 nitrogen and oxygen atoms in total. The van der Waals surface area contributed by atoms with Gasteiger partial charge in [0, 0.05) is 5.38 Å². The number of aromatic nitrogens is 1. The van der Waals surface area contributed by atoms with Crippen molar-refractivity contribution in [2.75, 3.05) is 20.1 Å². The van der Waals surface area contributed by atoms with Crippen LogP contribution in [-0.2, 0) is 0 Å². The molecule has 19 heavy (non-hydrogen) atoms. The fourth-order valence-corrected chi connectivity index (χ4v) is 2.63. The molecule has 2 aromatic rings. The van der Waals surface area contributed by atoms with Crippen molar-refractivity contribution in [2.24, 2.45) is 0 Å². The van der Waals surface area contributed by atoms with Crippen LogP contribution in [0.3, 0.4) is 0 Å². The Bertz CT molecular complexity index is 597. The minimum atomic E-state index is -0.189. The van der Waals surface area contributed by atoms with E-state index in [1.807, 2.05) is 12.1 Å². The average Bonchev–Trinajstić information content (AvgIpc) is 2.95. The van der Waals surface area contributed by atoms with Gasteiger partial charge < -0.3 is 9.47 Å². The van der Waals surface area contributed by atoms with E-state index in [0.29, 0.717) is 22.2 Å². The predicted octanol–water partition coefficient (Wildman–Crippen LogP) is 3.25. The van der Waals surface area contributed by atoms with E-state index in [2.05, 4.69) is 4.98 Å². The van der Waals surface area contributed by atoms with Crippen LogP contribution in [0, 0.1) is 0 Å². The van der Waals surface area contributed by atoms with Crippen LogP contribution in [0.4, 0.5) is 0 Å². The number of nitrogens with zero attached hydrogens (tertiary/aromatic N) is 1. The molecule has 0 amide bonds. The number of carbonyl (C=O) groups is 1. The van der Waals surface area contributed by atoms with Crippen molar-refractivity contribution in [3.05, 3.63) is 29.3 Å². The Labute approximate surface area is 120 Å². The first-order chi connectivity index (χ1) is 9.21. The number of benzene rings is 1. The van der Waals surface area contributed by atoms with E-state index in [4.69, 9.17) is 21.1 Å². The topological polar surface area (TPSA) is 48.4 Å². The Morgan fingerprint density at radius 1 is 1.37 bits per heavy atom. The van der Waals surface area contributed by atoms with Gasteiger partial charge in [-0.15, -0.1) is 22.9 Å². The normalized spacial score (nSPS) is 10.3. The number of thiazole rings is 1. The zero-order valence-corrected chi connectivity index (χ0v) is 12.0. The quantitative estimate of drug-likeness (QED) is 0.628. The van der Waals surface area contributed by atoms with E-state index < -0.39 is 0 Å². The molecule has 0 atom stereocenters. The van der Waals surface area contributed by atoms with E-state index in [1.54, 1.807) is 25.7 Å². The summed E-state index contributed by atoms with van der Waals surface area (Å²) in [6.45, 7) is 0. The first kappa shape index (κ1) is 13.8. The fraction of sp³-hybridized carbons (Fsp3) is 0.231. The third-order valence-corrected chi connectivity index (χ3v) is 3.66. The molecule has 0 radical (unpaired) electrons. The summed E-state index contributed by atoms with van der Waals surface area (Å²) >= 11 is 6.89. The van der Waals surface area contributed by atoms with Gasteiger partial charge >= 0.3 is 0 Å². The average molecular weight is 298 g/mol. The molecule has 0 saturated carbocycles. The van der Waals surface area contributed by atoms with Crippen molar-refractivity contribution in [3.8, 4) is 22.1 Å². The van der Waals surface area contributed by atoms with E-state index >= 15 is 0 Å². The van der Waals surface area contributed by atoms with Crippen molar-refractivity contribution in [3.63, 3.8) is 0 Å². The molecule has 0 spiro atoms. The molecule has 100 valence electrons. The van der Waals surface area contributed by atoms with Crippen LogP contribution < -0.4 is 9.47 Å². The molecule has 6 heteroatoms. The number of hydrogen-bond donors (Lipinski definition) is 0. The SMILES string of the molecule is COc1cccc(-c2nc(C(=O)CCl)cs2)c1OC. The highest BCUT2D eigenvalue weighted by Crippen LogP contribution is 2.38. The fourth-order valence-electron chi connectivity index (χ4n) is 1.65. The zero-order valence-electron chi connectivity index (χ0n) is 10.5. The first-order valence-corrected chi connectivity index (χ1v) is 6.88. The summed E-state index contributed by atoms with van der Waals surface area (Å²) < 4.78 is 10.6. The van der Waals surface area contributed by atoms with Gasteiger partial charge in [-0.1, -0.05) is 6.07 Å². The Morgan fingerprint density at radius 3 is 2.79 bits per heavy atom. The molecule has 0 bridgehead atoms. The highest BCUT2D eigenvalue weighted by atomic mass is 35.5. The molecule has 2 rings (SSSR count). The third-order valence-electron chi connectivity index (χ3n) is 2.54. The second kappa shape index (κ2) is 6.04. The van der Waals surface area contributed by atoms with Gasteiger partial charge in [-0.2, -0.15) is 0 Å². The van der Waals surface area contributed by atoms with Crippen LogP contribution in [0.5, 0.6) is 11.5 Å². The number of alkyl halides is 1. The largest absolute Gasteiger partial charge is 0.493 e. The number of methoxy groups -OCH3 is 2. The van der Waals surface area contributed by atoms with Gasteiger partial charge in [0.05, 0.1) is 25.7 Å². The smallest absolute Gasteiger partial charge is 0.196 e. The highest BCUT2D eigenvalue weighted by molar-refractivity contribution is 7.13. The summed E-state index contributed by atoms with van der Waals surface area (Å²) in [6.07, 6.45) is 0. The Morgan fingerprint density at radius 2 is 2.16 bits per heavy atom. The molecule has 0 saturated heterocycles. The van der Waals surface area contributed by atoms with E-state index in [1.165, 1.54) is 11.3 Å². The summed E-state index contributed by atoms with van der Waals surface area (Å²) in [5.74, 6) is 0.967. The van der Waals surface area contributed by atoms with E-state index in [0.717, 1.165) is 5.56 Å². The Balaban J connectivity index is 2.47. The number of rotatable bonds is 5. The van der Waals surface area contributed by atoms with Crippen LogP contribution in [0.25, 0.3) is 10.6 Å². The number of carbonyl (C=O) groups excluding carboxylic acids is 1. The molecule has 0 unspecified atom stereocenters. The van der Waals surface area contributed by atoms with Gasteiger partial charge in [0.25, 0.3) is 0 Å². The molecule has 1 aromatic carbocycles. The molecule has 0 fully saturated rings. The van der Waals surface area contributed by atoms with Crippen LogP contribution in [0.15, 0.2) is 23.6 Å². The number of ether oxygens (including phenoxy) is 2. The second-order valence-electron chi connectivity index (χ2n) is 3.64. The molecular formula is C13H12ClNO3S. The number of para-hydroxylation sites is 1. The molecular weight excluding hydrogens is 286 g/mol. The Kier molecular flexibility index (Phi) is 4.39. The maximum Gasteiger partial charge on any atom is 0.196 e. The summed E-state index contributed by atoms with van der Waals surface area (Å²) in [5.41, 5.74) is 1.17. The molecule has 0 aliphatic heterocycles. The highest BCUT2D eigenvalue weighted by Gasteiger charge is 2.16. The predicted molar refractivity (Wildman–Crippen MR) is 75.7 cm³/mol. The number of halogens is 1. The number of Topliss-reactive ketones (excluding diaryl/α,β-unsaturated/α-hetero) is 1. The lowest BCUT2D eigenvalue weighted by atomic mass is 10.2. The summed E-state index contributed by atoms with van der Waals surface area (Å²) in [4.78, 5) is 15.8. The minimum Gasteiger partial charge on any atom is -0.493 e. The van der Waals surface area contributed by atoms with Gasteiger partial charge in [-0.25, -0.2) is 4.98 Å². The maximum absolute atomic E-state index is 11.5. The van der Waals surface area contributed by atoms with Gasteiger partial charge in [0.15, 0.2) is 17.3 Å². The Hall–Kier alpha value is -1.59. The van der Waals surface area contributed by atoms with Crippen molar-refractivity contribution < 1.29 is 14.3 Å². The number of ketones is 1. The van der Waals surface area contributed by atoms with Crippen LogP contribution >= 0.6 is 22.9 Å². The van der Waals surface area contributed by atoms with Crippen LogP contribution in [-0.4, -0.2) is 30.9 Å². The molecule has 1 aromatic heterocycles. The van der Waals surface area contributed by atoms with Crippen molar-refractivity contribution in [1.29, 1.82) is 0 Å². The zero-order chi connectivity index (χ0) is 13.8. The summed E-state index contributed by atoms with van der Waals surface area (Å²) in [7, 11) is 3.14. The third kappa shape index (κ3) is 2.72. The minimum absolute atomic E-state index is 0.0710. The van der Waals surface area contributed by atoms with Crippen LogP contribution in [0.1, 0.15) is 10.5 Å². The lowest BCUT2D eigenvalue weighted by Crippen LogP contribution is -2.00. The molecule has 1 heterocycles. The van der Waals surface area contributed by atoms with Crippen LogP contribution in [0.2, 0.25) is 0 Å². The van der Waals surface area contributed by atoms with Gasteiger partial charge in [-0.05, 0) is 12.1 Å². The van der Waals surface area contributed by atoms with Gasteiger partial charge in [0.1, 0.15) is 10.7 Å². The van der Waals surface area contributed by atoms with E-state index in [9.17, 15) is 4.79 Å². The van der Waals surface area contributed by atoms with Crippen molar-refractivity contribution in [2.45, 2.75) is 0 Å². The summed E-state index contributed by atoms with van der Waals surface area (Å²) in [6, 6.07) is 5.52. The van der Waals surface area contributed by atoms with Crippen molar-refractivity contribution >= 4 is 28.7 Å². The second-order valence-corrected chi connectivity index (χ2v) is 4.76. The summed E-state index contributed by atoms with van der Waals surface area (Å²) in [5, 5.41) is 2.39. The maximum atomic E-state index is 11.5. The lowest BCUT2D eigenvalue weighted by Gasteiger charge is -2.10. The molecule has 0 aliphatic rings. The monoisotopic (exact) mass is 297 g/mol. The molecule has 0 N–H and O–H groups in total.